The van der Waals surface area contributed by atoms with E-state index >= 15 is 0 Å². The number of piperazine rings is 1. The van der Waals surface area contributed by atoms with Crippen molar-refractivity contribution in [2.24, 2.45) is 0 Å². The van der Waals surface area contributed by atoms with Crippen LogP contribution in [0.4, 0.5) is 5.82 Å². The van der Waals surface area contributed by atoms with E-state index in [0.29, 0.717) is 18.7 Å². The number of ketones is 1. The van der Waals surface area contributed by atoms with E-state index < -0.39 is 0 Å². The maximum Gasteiger partial charge on any atom is 0.223 e. The molecule has 1 amide bonds. The van der Waals surface area contributed by atoms with Crippen LogP contribution in [0.2, 0.25) is 0 Å². The lowest BCUT2D eigenvalue weighted by Gasteiger charge is -2.35. The van der Waals surface area contributed by atoms with Gasteiger partial charge in [0.2, 0.25) is 5.91 Å². The average molecular weight is 365 g/mol. The normalized spacial score (nSPS) is 14.3. The summed E-state index contributed by atoms with van der Waals surface area (Å²) in [6.07, 6.45) is 4.45. The number of amides is 1. The minimum Gasteiger partial charge on any atom is -0.353 e. The molecule has 0 spiro atoms. The first-order valence-corrected chi connectivity index (χ1v) is 9.73. The SMILES string of the molecule is CCCc1ccc(C(=O)CCC(=O)N2CCN(c3ccccn3)CC2)cc1. The number of aromatic nitrogens is 1. The summed E-state index contributed by atoms with van der Waals surface area (Å²) in [5, 5.41) is 0. The predicted octanol–water partition coefficient (Wildman–Crippen LogP) is 3.35. The quantitative estimate of drug-likeness (QED) is 0.706. The molecule has 1 aromatic heterocycles. The van der Waals surface area contributed by atoms with Gasteiger partial charge in [-0.3, -0.25) is 9.59 Å². The van der Waals surface area contributed by atoms with Crippen LogP contribution in [0.15, 0.2) is 48.7 Å². The maximum absolute atomic E-state index is 12.5. The molecule has 0 bridgehead atoms. The van der Waals surface area contributed by atoms with Gasteiger partial charge in [-0.2, -0.15) is 0 Å². The third kappa shape index (κ3) is 5.16. The van der Waals surface area contributed by atoms with Gasteiger partial charge < -0.3 is 9.80 Å². The van der Waals surface area contributed by atoms with Crippen molar-refractivity contribution in [1.82, 2.24) is 9.88 Å². The standard InChI is InChI=1S/C22H27N3O2/c1-2-5-18-7-9-19(10-8-18)20(26)11-12-22(27)25-16-14-24(15-17-25)21-6-3-4-13-23-21/h3-4,6-10,13H,2,5,11-12,14-17H2,1H3. The Kier molecular flexibility index (Phi) is 6.58. The van der Waals surface area contributed by atoms with E-state index in [2.05, 4.69) is 16.8 Å². The van der Waals surface area contributed by atoms with E-state index in [9.17, 15) is 9.59 Å². The maximum atomic E-state index is 12.5. The Hall–Kier alpha value is -2.69. The molecule has 0 radical (unpaired) electrons. The van der Waals surface area contributed by atoms with Crippen molar-refractivity contribution in [1.29, 1.82) is 0 Å². The van der Waals surface area contributed by atoms with Crippen LogP contribution in [0.3, 0.4) is 0 Å². The number of Topliss-reactive ketones (excluding diaryl/α,β-unsaturated/α-hetero) is 1. The van der Waals surface area contributed by atoms with Crippen molar-refractivity contribution >= 4 is 17.5 Å². The third-order valence-corrected chi connectivity index (χ3v) is 4.99. The topological polar surface area (TPSA) is 53.5 Å². The molecule has 1 fully saturated rings. The highest BCUT2D eigenvalue weighted by Crippen LogP contribution is 2.14. The molecule has 1 aromatic carbocycles. The summed E-state index contributed by atoms with van der Waals surface area (Å²) in [6, 6.07) is 13.6. The van der Waals surface area contributed by atoms with E-state index in [1.807, 2.05) is 47.4 Å². The van der Waals surface area contributed by atoms with Gasteiger partial charge in [0.05, 0.1) is 0 Å². The van der Waals surface area contributed by atoms with Crippen molar-refractivity contribution in [3.05, 3.63) is 59.8 Å². The highest BCUT2D eigenvalue weighted by molar-refractivity contribution is 5.98. The van der Waals surface area contributed by atoms with Crippen molar-refractivity contribution < 1.29 is 9.59 Å². The first-order valence-electron chi connectivity index (χ1n) is 9.73. The van der Waals surface area contributed by atoms with Gasteiger partial charge in [0, 0.05) is 50.8 Å². The molecule has 0 atom stereocenters. The van der Waals surface area contributed by atoms with Gasteiger partial charge in [-0.05, 0) is 24.1 Å². The van der Waals surface area contributed by atoms with Gasteiger partial charge in [0.1, 0.15) is 5.82 Å². The van der Waals surface area contributed by atoms with Crippen LogP contribution in [-0.4, -0.2) is 47.8 Å². The number of rotatable bonds is 7. The Balaban J connectivity index is 1.45. The number of carbonyl (C=O) groups excluding carboxylic acids is 2. The Labute approximate surface area is 161 Å². The number of pyridine rings is 1. The number of benzene rings is 1. The van der Waals surface area contributed by atoms with Gasteiger partial charge >= 0.3 is 0 Å². The largest absolute Gasteiger partial charge is 0.353 e. The molecule has 0 saturated carbocycles. The molecule has 1 saturated heterocycles. The summed E-state index contributed by atoms with van der Waals surface area (Å²) in [5.74, 6) is 1.05. The number of carbonyl (C=O) groups is 2. The van der Waals surface area contributed by atoms with Crippen LogP contribution in [0.5, 0.6) is 0 Å². The fourth-order valence-corrected chi connectivity index (χ4v) is 3.39. The Morgan fingerprint density at radius 1 is 0.963 bits per heavy atom. The molecule has 142 valence electrons. The molecule has 2 heterocycles. The fraction of sp³-hybridized carbons (Fsp3) is 0.409. The van der Waals surface area contributed by atoms with Gasteiger partial charge in [-0.15, -0.1) is 0 Å². The van der Waals surface area contributed by atoms with Crippen LogP contribution in [0, 0.1) is 0 Å². The molecule has 0 N–H and O–H groups in total. The predicted molar refractivity (Wildman–Crippen MR) is 107 cm³/mol. The number of hydrogen-bond acceptors (Lipinski definition) is 4. The van der Waals surface area contributed by atoms with Crippen LogP contribution >= 0.6 is 0 Å². The summed E-state index contributed by atoms with van der Waals surface area (Å²) in [5.41, 5.74) is 1.94. The summed E-state index contributed by atoms with van der Waals surface area (Å²) < 4.78 is 0. The van der Waals surface area contributed by atoms with Gasteiger partial charge in [0.25, 0.3) is 0 Å². The van der Waals surface area contributed by atoms with Gasteiger partial charge in [-0.25, -0.2) is 4.98 Å². The minimum atomic E-state index is 0.0403. The lowest BCUT2D eigenvalue weighted by Crippen LogP contribution is -2.49. The van der Waals surface area contributed by atoms with Crippen molar-refractivity contribution in [2.45, 2.75) is 32.6 Å². The summed E-state index contributed by atoms with van der Waals surface area (Å²) in [6.45, 7) is 5.04. The Morgan fingerprint density at radius 3 is 2.33 bits per heavy atom. The van der Waals surface area contributed by atoms with Crippen LogP contribution in [0.25, 0.3) is 0 Å². The Morgan fingerprint density at radius 2 is 1.70 bits per heavy atom. The van der Waals surface area contributed by atoms with E-state index in [4.69, 9.17) is 0 Å². The van der Waals surface area contributed by atoms with E-state index in [1.165, 1.54) is 5.56 Å². The highest BCUT2D eigenvalue weighted by Gasteiger charge is 2.22. The fourth-order valence-electron chi connectivity index (χ4n) is 3.39. The van der Waals surface area contributed by atoms with Gasteiger partial charge in [0.15, 0.2) is 5.78 Å². The second-order valence-electron chi connectivity index (χ2n) is 6.93. The molecule has 5 heteroatoms. The van der Waals surface area contributed by atoms with E-state index in [-0.39, 0.29) is 24.5 Å². The molecule has 1 aliphatic rings. The van der Waals surface area contributed by atoms with Crippen molar-refractivity contribution in [3.8, 4) is 0 Å². The minimum absolute atomic E-state index is 0.0403. The molecular weight excluding hydrogens is 338 g/mol. The van der Waals surface area contributed by atoms with Crippen LogP contribution < -0.4 is 4.90 Å². The van der Waals surface area contributed by atoms with Crippen molar-refractivity contribution in [3.63, 3.8) is 0 Å². The molecule has 5 nitrogen and oxygen atoms in total. The number of aryl methyl sites for hydroxylation is 1. The summed E-state index contributed by atoms with van der Waals surface area (Å²) in [4.78, 5) is 33.2. The zero-order valence-corrected chi connectivity index (χ0v) is 15.9. The molecule has 0 unspecified atom stereocenters. The zero-order chi connectivity index (χ0) is 19.1. The Bertz CT molecular complexity index is 751. The molecule has 3 rings (SSSR count). The first-order chi connectivity index (χ1) is 13.2. The van der Waals surface area contributed by atoms with E-state index in [1.54, 1.807) is 6.20 Å². The number of hydrogen-bond donors (Lipinski definition) is 0. The van der Waals surface area contributed by atoms with Crippen LogP contribution in [-0.2, 0) is 11.2 Å². The third-order valence-electron chi connectivity index (χ3n) is 4.99. The molecule has 0 aliphatic carbocycles. The van der Waals surface area contributed by atoms with Crippen LogP contribution in [0.1, 0.15) is 42.1 Å². The number of anilines is 1. The smallest absolute Gasteiger partial charge is 0.223 e. The second-order valence-corrected chi connectivity index (χ2v) is 6.93. The zero-order valence-electron chi connectivity index (χ0n) is 15.9. The number of nitrogens with zero attached hydrogens (tertiary/aromatic N) is 3. The molecule has 27 heavy (non-hydrogen) atoms. The van der Waals surface area contributed by atoms with E-state index in [0.717, 1.165) is 31.7 Å². The molecule has 2 aromatic rings. The monoisotopic (exact) mass is 365 g/mol. The highest BCUT2D eigenvalue weighted by atomic mass is 16.2. The molecular formula is C22H27N3O2. The molecule has 1 aliphatic heterocycles. The lowest BCUT2D eigenvalue weighted by molar-refractivity contribution is -0.131. The summed E-state index contributed by atoms with van der Waals surface area (Å²) >= 11 is 0. The lowest BCUT2D eigenvalue weighted by atomic mass is 10.0. The first kappa shape index (κ1) is 19.1. The summed E-state index contributed by atoms with van der Waals surface area (Å²) in [7, 11) is 0. The average Bonchev–Trinajstić information content (AvgIpc) is 2.73. The second kappa shape index (κ2) is 9.31. The van der Waals surface area contributed by atoms with Gasteiger partial charge in [-0.1, -0.05) is 43.7 Å². The van der Waals surface area contributed by atoms with Crippen molar-refractivity contribution in [2.75, 3.05) is 31.1 Å².